The summed E-state index contributed by atoms with van der Waals surface area (Å²) in [5.41, 5.74) is 1.36. The summed E-state index contributed by atoms with van der Waals surface area (Å²) in [7, 11) is 0. The maximum atomic E-state index is 12.2. The number of carboxylic acid groups (broad SMARTS) is 1. The quantitative estimate of drug-likeness (QED) is 0.731. The van der Waals surface area contributed by atoms with Gasteiger partial charge in [-0.15, -0.1) is 0 Å². The van der Waals surface area contributed by atoms with Crippen LogP contribution in [-0.4, -0.2) is 30.2 Å². The van der Waals surface area contributed by atoms with Crippen LogP contribution in [0.15, 0.2) is 48.5 Å². The molecule has 2 aromatic carbocycles. The highest BCUT2D eigenvalue weighted by Gasteiger charge is 2.07. The SMILES string of the molecule is CCCOc1ccc(CNC(=O)c2cccc(OCC(=O)O)c2)cc1. The van der Waals surface area contributed by atoms with Gasteiger partial charge in [-0.25, -0.2) is 4.79 Å². The Labute approximate surface area is 146 Å². The molecular weight excluding hydrogens is 322 g/mol. The topological polar surface area (TPSA) is 84.9 Å². The van der Waals surface area contributed by atoms with Gasteiger partial charge in [0.05, 0.1) is 6.61 Å². The molecule has 0 unspecified atom stereocenters. The van der Waals surface area contributed by atoms with Gasteiger partial charge in [0.1, 0.15) is 11.5 Å². The number of nitrogens with one attached hydrogen (secondary N) is 1. The number of rotatable bonds is 9. The molecule has 2 N–H and O–H groups in total. The lowest BCUT2D eigenvalue weighted by atomic mass is 10.2. The fraction of sp³-hybridized carbons (Fsp3) is 0.263. The molecular formula is C19H21NO5. The van der Waals surface area contributed by atoms with Crippen molar-refractivity contribution in [2.24, 2.45) is 0 Å². The summed E-state index contributed by atoms with van der Waals surface area (Å²) in [6.45, 7) is 2.66. The third-order valence-corrected chi connectivity index (χ3v) is 3.31. The lowest BCUT2D eigenvalue weighted by molar-refractivity contribution is -0.139. The van der Waals surface area contributed by atoms with E-state index in [0.29, 0.717) is 24.5 Å². The van der Waals surface area contributed by atoms with Crippen LogP contribution in [0.2, 0.25) is 0 Å². The van der Waals surface area contributed by atoms with Crippen molar-refractivity contribution in [2.75, 3.05) is 13.2 Å². The van der Waals surface area contributed by atoms with Crippen LogP contribution in [0.25, 0.3) is 0 Å². The van der Waals surface area contributed by atoms with E-state index < -0.39 is 12.6 Å². The molecule has 0 heterocycles. The molecule has 6 nitrogen and oxygen atoms in total. The highest BCUT2D eigenvalue weighted by Crippen LogP contribution is 2.14. The van der Waals surface area contributed by atoms with Crippen LogP contribution >= 0.6 is 0 Å². The van der Waals surface area contributed by atoms with Crippen molar-refractivity contribution >= 4 is 11.9 Å². The fourth-order valence-corrected chi connectivity index (χ4v) is 2.08. The monoisotopic (exact) mass is 343 g/mol. The summed E-state index contributed by atoms with van der Waals surface area (Å²) in [5, 5.41) is 11.4. The number of benzene rings is 2. The first-order chi connectivity index (χ1) is 12.1. The predicted molar refractivity (Wildman–Crippen MR) is 93.0 cm³/mol. The van der Waals surface area contributed by atoms with Crippen LogP contribution in [0, 0.1) is 0 Å². The minimum atomic E-state index is -1.07. The summed E-state index contributed by atoms with van der Waals surface area (Å²) in [5.74, 6) is -0.180. The third kappa shape index (κ3) is 6.18. The summed E-state index contributed by atoms with van der Waals surface area (Å²) in [4.78, 5) is 22.7. The summed E-state index contributed by atoms with van der Waals surface area (Å²) >= 11 is 0. The molecule has 0 aliphatic heterocycles. The van der Waals surface area contributed by atoms with Crippen molar-refractivity contribution in [3.8, 4) is 11.5 Å². The normalized spacial score (nSPS) is 10.1. The highest BCUT2D eigenvalue weighted by molar-refractivity contribution is 5.94. The molecule has 0 radical (unpaired) electrons. The van der Waals surface area contributed by atoms with Gasteiger partial charge in [0.15, 0.2) is 6.61 Å². The van der Waals surface area contributed by atoms with Gasteiger partial charge in [0.2, 0.25) is 0 Å². The molecule has 25 heavy (non-hydrogen) atoms. The Balaban J connectivity index is 1.89. The van der Waals surface area contributed by atoms with Gasteiger partial charge in [-0.1, -0.05) is 25.1 Å². The van der Waals surface area contributed by atoms with Gasteiger partial charge < -0.3 is 19.9 Å². The number of ether oxygens (including phenoxy) is 2. The fourth-order valence-electron chi connectivity index (χ4n) is 2.08. The molecule has 0 saturated heterocycles. The van der Waals surface area contributed by atoms with E-state index in [-0.39, 0.29) is 5.91 Å². The zero-order valence-corrected chi connectivity index (χ0v) is 14.0. The number of carbonyl (C=O) groups excluding carboxylic acids is 1. The molecule has 0 aliphatic rings. The molecule has 2 rings (SSSR count). The predicted octanol–water partition coefficient (Wildman–Crippen LogP) is 2.87. The van der Waals surface area contributed by atoms with Crippen molar-refractivity contribution < 1.29 is 24.2 Å². The van der Waals surface area contributed by atoms with Gasteiger partial charge in [-0.3, -0.25) is 4.79 Å². The number of amides is 1. The first-order valence-corrected chi connectivity index (χ1v) is 8.03. The van der Waals surface area contributed by atoms with Crippen molar-refractivity contribution in [3.05, 3.63) is 59.7 Å². The molecule has 0 bridgehead atoms. The minimum absolute atomic E-state index is 0.257. The van der Waals surface area contributed by atoms with Gasteiger partial charge >= 0.3 is 5.97 Å². The smallest absolute Gasteiger partial charge is 0.341 e. The van der Waals surface area contributed by atoms with Crippen molar-refractivity contribution in [3.63, 3.8) is 0 Å². The molecule has 0 aromatic heterocycles. The number of carboxylic acids is 1. The lowest BCUT2D eigenvalue weighted by Gasteiger charge is -2.09. The molecule has 0 fully saturated rings. The first-order valence-electron chi connectivity index (χ1n) is 8.03. The molecule has 0 spiro atoms. The number of carbonyl (C=O) groups is 2. The van der Waals surface area contributed by atoms with Gasteiger partial charge in [0, 0.05) is 12.1 Å². The Bertz CT molecular complexity index is 712. The average molecular weight is 343 g/mol. The summed E-state index contributed by atoms with van der Waals surface area (Å²) in [6, 6.07) is 14.0. The van der Waals surface area contributed by atoms with E-state index >= 15 is 0 Å². The van der Waals surface area contributed by atoms with Crippen LogP contribution in [0.4, 0.5) is 0 Å². The van der Waals surface area contributed by atoms with E-state index in [1.165, 1.54) is 6.07 Å². The van der Waals surface area contributed by atoms with Crippen LogP contribution in [0.5, 0.6) is 11.5 Å². The number of aliphatic carboxylic acids is 1. The van der Waals surface area contributed by atoms with Crippen LogP contribution in [0.1, 0.15) is 29.3 Å². The van der Waals surface area contributed by atoms with E-state index in [1.54, 1.807) is 18.2 Å². The maximum absolute atomic E-state index is 12.2. The summed E-state index contributed by atoms with van der Waals surface area (Å²) in [6.07, 6.45) is 0.951. The maximum Gasteiger partial charge on any atom is 0.341 e. The minimum Gasteiger partial charge on any atom is -0.494 e. The van der Waals surface area contributed by atoms with Crippen molar-refractivity contribution in [1.29, 1.82) is 0 Å². The Kier molecular flexibility index (Phi) is 6.83. The van der Waals surface area contributed by atoms with E-state index in [9.17, 15) is 9.59 Å². The molecule has 0 saturated carbocycles. The highest BCUT2D eigenvalue weighted by atomic mass is 16.5. The Morgan fingerprint density at radius 3 is 2.48 bits per heavy atom. The number of hydrogen-bond acceptors (Lipinski definition) is 4. The Hall–Kier alpha value is -3.02. The third-order valence-electron chi connectivity index (χ3n) is 3.31. The standard InChI is InChI=1S/C19H21NO5/c1-2-10-24-16-8-6-14(7-9-16)12-20-19(23)15-4-3-5-17(11-15)25-13-18(21)22/h3-9,11H,2,10,12-13H2,1H3,(H,20,23)(H,21,22). The van der Waals surface area contributed by atoms with Crippen molar-refractivity contribution in [1.82, 2.24) is 5.32 Å². The molecule has 6 heteroatoms. The molecule has 1 amide bonds. The lowest BCUT2D eigenvalue weighted by Crippen LogP contribution is -2.22. The Morgan fingerprint density at radius 1 is 1.04 bits per heavy atom. The second-order valence-corrected chi connectivity index (χ2v) is 5.39. The zero-order chi connectivity index (χ0) is 18.1. The largest absolute Gasteiger partial charge is 0.494 e. The molecule has 132 valence electrons. The molecule has 2 aromatic rings. The first kappa shape index (κ1) is 18.3. The van der Waals surface area contributed by atoms with E-state index in [4.69, 9.17) is 14.6 Å². The van der Waals surface area contributed by atoms with Gasteiger partial charge in [-0.2, -0.15) is 0 Å². The Morgan fingerprint density at radius 2 is 1.80 bits per heavy atom. The number of hydrogen-bond donors (Lipinski definition) is 2. The van der Waals surface area contributed by atoms with E-state index in [0.717, 1.165) is 17.7 Å². The molecule has 0 atom stereocenters. The second-order valence-electron chi connectivity index (χ2n) is 5.39. The second kappa shape index (κ2) is 9.32. The average Bonchev–Trinajstić information content (AvgIpc) is 2.63. The van der Waals surface area contributed by atoms with Crippen LogP contribution < -0.4 is 14.8 Å². The molecule has 0 aliphatic carbocycles. The van der Waals surface area contributed by atoms with Crippen molar-refractivity contribution in [2.45, 2.75) is 19.9 Å². The van der Waals surface area contributed by atoms with E-state index in [1.807, 2.05) is 31.2 Å². The van der Waals surface area contributed by atoms with Crippen LogP contribution in [-0.2, 0) is 11.3 Å². The van der Waals surface area contributed by atoms with E-state index in [2.05, 4.69) is 5.32 Å². The zero-order valence-electron chi connectivity index (χ0n) is 14.0. The van der Waals surface area contributed by atoms with Gasteiger partial charge in [0.25, 0.3) is 5.91 Å². The summed E-state index contributed by atoms with van der Waals surface area (Å²) < 4.78 is 10.6. The van der Waals surface area contributed by atoms with Gasteiger partial charge in [-0.05, 0) is 42.3 Å². The van der Waals surface area contributed by atoms with Crippen LogP contribution in [0.3, 0.4) is 0 Å².